The fraction of sp³-hybridized carbons (Fsp3) is 0.800. The summed E-state index contributed by atoms with van der Waals surface area (Å²) < 4.78 is 0. The molecule has 4 saturated carbocycles. The van der Waals surface area contributed by atoms with E-state index in [9.17, 15) is 15.2 Å². The average Bonchev–Trinajstić information content (AvgIpc) is 3.21. The molecule has 0 aliphatic heterocycles. The van der Waals surface area contributed by atoms with Gasteiger partial charge in [0.25, 0.3) is 0 Å². The molecule has 0 amide bonds. The molecule has 5 aliphatic rings. The number of Topliss-reactive ketones (excluding diaryl/α,β-unsaturated/α-hetero) is 1. The van der Waals surface area contributed by atoms with Crippen LogP contribution in [0, 0.1) is 63.1 Å². The van der Waals surface area contributed by atoms with Gasteiger partial charge in [-0.15, -0.1) is 6.58 Å². The van der Waals surface area contributed by atoms with Crippen molar-refractivity contribution < 1.29 is 9.90 Å². The third-order valence-corrected chi connectivity index (χ3v) is 11.1. The number of fused-ring (bicyclic) bond motifs is 7. The zero-order chi connectivity index (χ0) is 23.3. The molecule has 3 heteroatoms. The Morgan fingerprint density at radius 3 is 2.42 bits per heavy atom. The monoisotopic (exact) mass is 453 g/mol. The number of ketones is 1. The van der Waals surface area contributed by atoms with Crippen molar-refractivity contribution in [2.24, 2.45) is 51.8 Å². The lowest BCUT2D eigenvalue weighted by Gasteiger charge is -2.66. The summed E-state index contributed by atoms with van der Waals surface area (Å²) >= 11 is 0. The summed E-state index contributed by atoms with van der Waals surface area (Å²) in [6.07, 6.45) is 15.0. The smallest absolute Gasteiger partial charge is 0.176 e. The van der Waals surface area contributed by atoms with Gasteiger partial charge >= 0.3 is 0 Å². The van der Waals surface area contributed by atoms with Crippen LogP contribution in [0.2, 0.25) is 0 Å². The van der Waals surface area contributed by atoms with E-state index in [0.717, 1.165) is 18.3 Å². The van der Waals surface area contributed by atoms with Gasteiger partial charge in [0.05, 0.1) is 5.57 Å². The first kappa shape index (κ1) is 26.2. The molecule has 0 aromatic rings. The van der Waals surface area contributed by atoms with Gasteiger partial charge in [0.15, 0.2) is 5.78 Å². The molecule has 0 saturated heterocycles. The summed E-state index contributed by atoms with van der Waals surface area (Å²) in [6.45, 7) is 12.6. The van der Waals surface area contributed by atoms with Crippen molar-refractivity contribution in [1.82, 2.24) is 0 Å². The number of hydrogen-bond acceptors (Lipinski definition) is 3. The molecule has 1 N–H and O–H groups in total. The number of rotatable bonds is 1. The van der Waals surface area contributed by atoms with Crippen LogP contribution in [0.15, 0.2) is 24.3 Å². The lowest BCUT2D eigenvalue weighted by molar-refractivity contribution is -0.167. The minimum Gasteiger partial charge on any atom is -0.396 e. The maximum absolute atomic E-state index is 12.7. The van der Waals surface area contributed by atoms with Crippen LogP contribution in [-0.2, 0) is 4.79 Å². The van der Waals surface area contributed by atoms with Gasteiger partial charge in [0.2, 0.25) is 0 Å². The molecule has 0 aromatic carbocycles. The van der Waals surface area contributed by atoms with Crippen LogP contribution >= 0.6 is 0 Å². The molecule has 0 heterocycles. The van der Waals surface area contributed by atoms with Gasteiger partial charge in [-0.1, -0.05) is 46.8 Å². The maximum atomic E-state index is 12.7. The predicted octanol–water partition coefficient (Wildman–Crippen LogP) is 7.12. The highest BCUT2D eigenvalue weighted by molar-refractivity contribution is 6.01. The topological polar surface area (TPSA) is 61.1 Å². The van der Waals surface area contributed by atoms with E-state index in [-0.39, 0.29) is 30.0 Å². The average molecular weight is 454 g/mol. The molecule has 33 heavy (non-hydrogen) atoms. The normalized spacial score (nSPS) is 47.6. The van der Waals surface area contributed by atoms with E-state index in [1.165, 1.54) is 51.4 Å². The Bertz CT molecular complexity index is 839. The van der Waals surface area contributed by atoms with Crippen LogP contribution in [0.4, 0.5) is 0 Å². The Kier molecular flexibility index (Phi) is 7.41. The van der Waals surface area contributed by atoms with Crippen molar-refractivity contribution in [2.75, 3.05) is 6.61 Å². The number of nitriles is 1. The maximum Gasteiger partial charge on any atom is 0.176 e. The molecule has 5 rings (SSSR count). The molecule has 4 fully saturated rings. The highest BCUT2D eigenvalue weighted by Gasteiger charge is 2.64. The van der Waals surface area contributed by atoms with Gasteiger partial charge in [-0.25, -0.2) is 0 Å². The summed E-state index contributed by atoms with van der Waals surface area (Å²) in [5.41, 5.74) is 0.902. The predicted molar refractivity (Wildman–Crippen MR) is 135 cm³/mol. The number of aliphatic hydroxyl groups is 1. The van der Waals surface area contributed by atoms with Crippen LogP contribution < -0.4 is 0 Å². The van der Waals surface area contributed by atoms with Crippen molar-refractivity contribution in [2.45, 2.75) is 92.9 Å². The fourth-order valence-electron chi connectivity index (χ4n) is 9.84. The van der Waals surface area contributed by atoms with E-state index in [0.29, 0.717) is 35.3 Å². The molecule has 0 radical (unpaired) electrons. The lowest BCUT2D eigenvalue weighted by Crippen LogP contribution is -2.60. The van der Waals surface area contributed by atoms with Crippen molar-refractivity contribution in [1.29, 1.82) is 5.26 Å². The van der Waals surface area contributed by atoms with Gasteiger partial charge in [0.1, 0.15) is 6.07 Å². The Hall–Kier alpha value is -1.40. The van der Waals surface area contributed by atoms with E-state index in [2.05, 4.69) is 39.5 Å². The van der Waals surface area contributed by atoms with Crippen LogP contribution in [-0.4, -0.2) is 17.5 Å². The molecule has 9 unspecified atom stereocenters. The number of hydrogen-bond donors (Lipinski definition) is 1. The third-order valence-electron chi connectivity index (χ3n) is 11.1. The Balaban J connectivity index is 0.000000728. The largest absolute Gasteiger partial charge is 0.396 e. The van der Waals surface area contributed by atoms with Gasteiger partial charge < -0.3 is 5.11 Å². The van der Waals surface area contributed by atoms with Crippen molar-refractivity contribution >= 4 is 5.78 Å². The van der Waals surface area contributed by atoms with Crippen molar-refractivity contribution in [3.8, 4) is 6.07 Å². The number of carbonyl (C=O) groups excluding carboxylic acids is 1. The standard InChI is InChI=1S/C26H37NO2.C3H6.CH4/c1-16-19-8-11-24(2)20-9-12-26(15-28)10-4-5-21(26)18(20)6-7-22(24)25(19,3)13-17(14-27)23(16)29;1-3-2;/h13,16,18-22,28H,4-12,15H2,1-3H3;3H,1H2,2H3;1H4. The second-order valence-electron chi connectivity index (χ2n) is 12.2. The molecule has 3 nitrogen and oxygen atoms in total. The second kappa shape index (κ2) is 9.33. The Morgan fingerprint density at radius 1 is 1.12 bits per heavy atom. The third kappa shape index (κ3) is 3.67. The number of nitrogens with zero attached hydrogens (tertiary/aromatic N) is 1. The molecule has 0 spiro atoms. The SMILES string of the molecule is C.C=CC.CC1C(=O)C(C#N)=CC2(C)C1CCC1(C)C3CCC4(CO)CCCC4C3CCC21. The van der Waals surface area contributed by atoms with Crippen LogP contribution in [0.5, 0.6) is 0 Å². The van der Waals surface area contributed by atoms with Gasteiger partial charge in [-0.05, 0) is 104 Å². The Morgan fingerprint density at radius 2 is 1.79 bits per heavy atom. The molecular weight excluding hydrogens is 406 g/mol. The molecule has 184 valence electrons. The van der Waals surface area contributed by atoms with Gasteiger partial charge in [-0.2, -0.15) is 5.26 Å². The van der Waals surface area contributed by atoms with Crippen molar-refractivity contribution in [3.05, 3.63) is 24.3 Å². The quantitative estimate of drug-likeness (QED) is 0.430. The second-order valence-corrected chi connectivity index (χ2v) is 12.2. The molecule has 9 atom stereocenters. The Labute approximate surface area is 202 Å². The van der Waals surface area contributed by atoms with E-state index in [4.69, 9.17) is 0 Å². The molecule has 0 bridgehead atoms. The summed E-state index contributed by atoms with van der Waals surface area (Å²) in [5.74, 6) is 3.22. The van der Waals surface area contributed by atoms with Crippen molar-refractivity contribution in [3.63, 3.8) is 0 Å². The summed E-state index contributed by atoms with van der Waals surface area (Å²) in [4.78, 5) is 12.7. The highest BCUT2D eigenvalue weighted by atomic mass is 16.3. The van der Waals surface area contributed by atoms with E-state index in [1.54, 1.807) is 6.08 Å². The summed E-state index contributed by atoms with van der Waals surface area (Å²) in [7, 11) is 0. The number of aliphatic hydroxyl groups excluding tert-OH is 1. The highest BCUT2D eigenvalue weighted by Crippen LogP contribution is 2.71. The lowest BCUT2D eigenvalue weighted by atomic mass is 9.38. The van der Waals surface area contributed by atoms with Gasteiger partial charge in [-0.3, -0.25) is 4.79 Å². The molecular formula is C30H47NO2. The zero-order valence-electron chi connectivity index (χ0n) is 20.7. The first-order valence-electron chi connectivity index (χ1n) is 13.1. The molecule has 0 aromatic heterocycles. The first-order chi connectivity index (χ1) is 15.2. The minimum absolute atomic E-state index is 0. The number of allylic oxidation sites excluding steroid dienone is 3. The van der Waals surface area contributed by atoms with Crippen LogP contribution in [0.3, 0.4) is 0 Å². The van der Waals surface area contributed by atoms with E-state index in [1.807, 2.05) is 6.92 Å². The minimum atomic E-state index is -0.0302. The number of carbonyl (C=O) groups is 1. The fourth-order valence-corrected chi connectivity index (χ4v) is 9.84. The van der Waals surface area contributed by atoms with Crippen LogP contribution in [0.1, 0.15) is 92.9 Å². The van der Waals surface area contributed by atoms with Crippen LogP contribution in [0.25, 0.3) is 0 Å². The molecule has 5 aliphatic carbocycles. The van der Waals surface area contributed by atoms with Gasteiger partial charge in [0, 0.05) is 12.5 Å². The summed E-state index contributed by atoms with van der Waals surface area (Å²) in [6, 6.07) is 2.23. The summed E-state index contributed by atoms with van der Waals surface area (Å²) in [5, 5.41) is 19.9. The first-order valence-corrected chi connectivity index (χ1v) is 13.1. The zero-order valence-corrected chi connectivity index (χ0v) is 20.7. The van der Waals surface area contributed by atoms with E-state index >= 15 is 0 Å². The van der Waals surface area contributed by atoms with E-state index < -0.39 is 0 Å².